The number of hydrogen-bond donors (Lipinski definition) is 1. The number of carbonyl (C=O) groups excluding carboxylic acids is 2. The highest BCUT2D eigenvalue weighted by molar-refractivity contribution is 8.16. The Kier molecular flexibility index (Phi) is 8.07. The molecule has 1 aromatic heterocycles. The van der Waals surface area contributed by atoms with Crippen LogP contribution in [-0.4, -0.2) is 40.6 Å². The first-order chi connectivity index (χ1) is 19.1. The van der Waals surface area contributed by atoms with E-state index in [2.05, 4.69) is 10.3 Å². The molecule has 1 amide bonds. The summed E-state index contributed by atoms with van der Waals surface area (Å²) in [4.78, 5) is 37.6. The summed E-state index contributed by atoms with van der Waals surface area (Å²) in [6, 6.07) is 20.3. The molecule has 8 nitrogen and oxygen atoms in total. The Hall–Kier alpha value is -4.37. The number of aromatic nitrogens is 1. The molecule has 3 aromatic rings. The number of amides is 1. The highest BCUT2D eigenvalue weighted by Gasteiger charge is 2.43. The van der Waals surface area contributed by atoms with E-state index in [-0.39, 0.29) is 18.9 Å². The Morgan fingerprint density at radius 2 is 1.85 bits per heavy atom. The van der Waals surface area contributed by atoms with Crippen molar-refractivity contribution in [1.29, 1.82) is 0 Å². The van der Waals surface area contributed by atoms with Crippen molar-refractivity contribution in [3.05, 3.63) is 112 Å². The first kappa shape index (κ1) is 26.2. The molecule has 5 rings (SSSR count). The fourth-order valence-corrected chi connectivity index (χ4v) is 5.52. The maximum absolute atomic E-state index is 13.6. The molecule has 0 saturated carbocycles. The normalized spacial score (nSPS) is 16.3. The zero-order valence-corrected chi connectivity index (χ0v) is 22.5. The van der Waals surface area contributed by atoms with E-state index in [9.17, 15) is 9.59 Å². The number of rotatable bonds is 9. The van der Waals surface area contributed by atoms with E-state index in [0.29, 0.717) is 28.7 Å². The van der Waals surface area contributed by atoms with Crippen LogP contribution in [0.3, 0.4) is 0 Å². The third-order valence-electron chi connectivity index (χ3n) is 6.34. The van der Waals surface area contributed by atoms with Gasteiger partial charge in [0.2, 0.25) is 5.91 Å². The van der Waals surface area contributed by atoms with E-state index in [1.54, 1.807) is 26.4 Å². The molecular weight excluding hydrogens is 512 g/mol. The Labute approximate surface area is 231 Å². The number of carbonyl (C=O) groups is 2. The third kappa shape index (κ3) is 5.58. The molecule has 2 aliphatic rings. The summed E-state index contributed by atoms with van der Waals surface area (Å²) in [5, 5.41) is 5.56. The molecule has 2 aliphatic heterocycles. The second-order valence-electron chi connectivity index (χ2n) is 8.80. The van der Waals surface area contributed by atoms with Crippen molar-refractivity contribution in [3.63, 3.8) is 0 Å². The molecule has 2 aromatic carbocycles. The van der Waals surface area contributed by atoms with Crippen LogP contribution in [0.15, 0.2) is 101 Å². The molecule has 0 spiro atoms. The fourth-order valence-electron chi connectivity index (χ4n) is 4.61. The molecule has 9 heteroatoms. The molecule has 1 atom stereocenters. The van der Waals surface area contributed by atoms with E-state index in [1.165, 1.54) is 11.8 Å². The van der Waals surface area contributed by atoms with Gasteiger partial charge in [0.05, 0.1) is 37.4 Å². The maximum Gasteiger partial charge on any atom is 0.338 e. The Bertz CT molecular complexity index is 1450. The van der Waals surface area contributed by atoms with Crippen LogP contribution in [0.4, 0.5) is 0 Å². The van der Waals surface area contributed by atoms with Crippen LogP contribution < -0.4 is 10.1 Å². The zero-order chi connectivity index (χ0) is 27.2. The number of aliphatic imine (C=N–C) groups is 1. The molecule has 0 aliphatic carbocycles. The molecule has 0 radical (unpaired) electrons. The van der Waals surface area contributed by atoms with Gasteiger partial charge >= 0.3 is 5.97 Å². The predicted octanol–water partition coefficient (Wildman–Crippen LogP) is 5.07. The zero-order valence-electron chi connectivity index (χ0n) is 21.7. The highest BCUT2D eigenvalue weighted by atomic mass is 32.2. The van der Waals surface area contributed by atoms with Crippen molar-refractivity contribution in [2.75, 3.05) is 13.7 Å². The van der Waals surface area contributed by atoms with Crippen LogP contribution in [-0.2, 0) is 20.9 Å². The lowest BCUT2D eigenvalue weighted by Gasteiger charge is -2.37. The van der Waals surface area contributed by atoms with Gasteiger partial charge < -0.3 is 19.7 Å². The van der Waals surface area contributed by atoms with Gasteiger partial charge in [-0.1, -0.05) is 66.4 Å². The molecule has 1 N–H and O–H groups in total. The summed E-state index contributed by atoms with van der Waals surface area (Å²) in [7, 11) is 1.60. The van der Waals surface area contributed by atoms with E-state index >= 15 is 0 Å². The Morgan fingerprint density at radius 1 is 1.05 bits per heavy atom. The summed E-state index contributed by atoms with van der Waals surface area (Å²) in [6.07, 6.45) is 3.52. The van der Waals surface area contributed by atoms with Crippen LogP contribution in [0.25, 0.3) is 5.70 Å². The number of para-hydroxylation sites is 1. The van der Waals surface area contributed by atoms with Gasteiger partial charge in [-0.15, -0.1) is 0 Å². The SMILES string of the molecule is CCOC(=O)C1=C(c2ccccc2)N=C2SC=C(CC(=O)NCc3cccnc3)N2[C@H]1c1ccccc1OC. The van der Waals surface area contributed by atoms with Gasteiger partial charge in [0, 0.05) is 35.8 Å². The summed E-state index contributed by atoms with van der Waals surface area (Å²) < 4.78 is 11.3. The molecule has 0 bridgehead atoms. The number of nitrogens with one attached hydrogen (secondary N) is 1. The minimum Gasteiger partial charge on any atom is -0.496 e. The number of hydrogen-bond acceptors (Lipinski definition) is 8. The number of pyridine rings is 1. The van der Waals surface area contributed by atoms with Gasteiger partial charge in [-0.3, -0.25) is 9.78 Å². The van der Waals surface area contributed by atoms with Gasteiger partial charge in [0.25, 0.3) is 0 Å². The smallest absolute Gasteiger partial charge is 0.338 e. The first-order valence-corrected chi connectivity index (χ1v) is 13.5. The van der Waals surface area contributed by atoms with Crippen molar-refractivity contribution in [3.8, 4) is 5.75 Å². The summed E-state index contributed by atoms with van der Waals surface area (Å²) in [5.41, 5.74) is 4.14. The first-order valence-electron chi connectivity index (χ1n) is 12.6. The van der Waals surface area contributed by atoms with Gasteiger partial charge in [0.1, 0.15) is 5.75 Å². The Balaban J connectivity index is 1.56. The quantitative estimate of drug-likeness (QED) is 0.379. The fraction of sp³-hybridized carbons (Fsp3) is 0.200. The lowest BCUT2D eigenvalue weighted by molar-refractivity contribution is -0.139. The van der Waals surface area contributed by atoms with Crippen LogP contribution in [0.5, 0.6) is 5.75 Å². The molecule has 0 fully saturated rings. The lowest BCUT2D eigenvalue weighted by Crippen LogP contribution is -2.38. The van der Waals surface area contributed by atoms with Crippen molar-refractivity contribution in [2.45, 2.75) is 25.9 Å². The number of benzene rings is 2. The van der Waals surface area contributed by atoms with Crippen molar-refractivity contribution >= 4 is 34.5 Å². The standard InChI is InChI=1S/C30H28N4O4S/c1-3-38-29(36)26-27(21-11-5-4-6-12-21)33-30-34(28(26)23-13-7-8-14-24(23)37-2)22(19-39-30)16-25(35)32-18-20-10-9-15-31-17-20/h4-15,17,19,28H,3,16,18H2,1-2H3,(H,32,35)/t28-/m0/s1. The van der Waals surface area contributed by atoms with Crippen molar-refractivity contribution < 1.29 is 19.1 Å². The summed E-state index contributed by atoms with van der Waals surface area (Å²) in [5.74, 6) is 0.00354. The Morgan fingerprint density at radius 3 is 2.59 bits per heavy atom. The van der Waals surface area contributed by atoms with Gasteiger partial charge in [-0.2, -0.15) is 0 Å². The lowest BCUT2D eigenvalue weighted by atomic mass is 9.91. The topological polar surface area (TPSA) is 93.1 Å². The van der Waals surface area contributed by atoms with E-state index < -0.39 is 12.0 Å². The number of methoxy groups -OCH3 is 1. The number of esters is 1. The monoisotopic (exact) mass is 540 g/mol. The highest BCUT2D eigenvalue weighted by Crippen LogP contribution is 2.48. The largest absolute Gasteiger partial charge is 0.496 e. The van der Waals surface area contributed by atoms with Crippen LogP contribution in [0, 0.1) is 0 Å². The molecule has 39 heavy (non-hydrogen) atoms. The molecular formula is C30H28N4O4S. The van der Waals surface area contributed by atoms with E-state index in [0.717, 1.165) is 22.4 Å². The average Bonchev–Trinajstić information content (AvgIpc) is 3.38. The van der Waals surface area contributed by atoms with E-state index in [4.69, 9.17) is 14.5 Å². The van der Waals surface area contributed by atoms with Gasteiger partial charge in [-0.25, -0.2) is 9.79 Å². The minimum atomic E-state index is -0.615. The maximum atomic E-state index is 13.6. The second kappa shape index (κ2) is 12.0. The molecule has 0 saturated heterocycles. The summed E-state index contributed by atoms with van der Waals surface area (Å²) in [6.45, 7) is 2.36. The number of nitrogens with zero attached hydrogens (tertiary/aromatic N) is 3. The third-order valence-corrected chi connectivity index (χ3v) is 7.23. The van der Waals surface area contributed by atoms with Crippen LogP contribution >= 0.6 is 11.8 Å². The number of thioether (sulfide) groups is 1. The average molecular weight is 541 g/mol. The molecule has 198 valence electrons. The molecule has 0 unspecified atom stereocenters. The number of ether oxygens (including phenoxy) is 2. The minimum absolute atomic E-state index is 0.106. The van der Waals surface area contributed by atoms with Crippen LogP contribution in [0.2, 0.25) is 0 Å². The van der Waals surface area contributed by atoms with Crippen molar-refractivity contribution in [1.82, 2.24) is 15.2 Å². The molecule has 3 heterocycles. The van der Waals surface area contributed by atoms with Crippen LogP contribution in [0.1, 0.15) is 36.1 Å². The van der Waals surface area contributed by atoms with Gasteiger partial charge in [-0.05, 0) is 30.0 Å². The predicted molar refractivity (Wildman–Crippen MR) is 151 cm³/mol. The van der Waals surface area contributed by atoms with E-state index in [1.807, 2.05) is 77.0 Å². The second-order valence-corrected chi connectivity index (χ2v) is 9.64. The number of amidine groups is 1. The van der Waals surface area contributed by atoms with Crippen molar-refractivity contribution in [2.24, 2.45) is 4.99 Å². The number of fused-ring (bicyclic) bond motifs is 1. The summed E-state index contributed by atoms with van der Waals surface area (Å²) >= 11 is 1.43. The van der Waals surface area contributed by atoms with Gasteiger partial charge in [0.15, 0.2) is 5.17 Å².